The first kappa shape index (κ1) is 18.7. The molecule has 2 amide bonds. The Morgan fingerprint density at radius 3 is 2.76 bits per heavy atom. The number of rotatable bonds is 9. The lowest BCUT2D eigenvalue weighted by atomic mass is 10.3. The number of amides is 2. The summed E-state index contributed by atoms with van der Waals surface area (Å²) in [6.07, 6.45) is 1.14. The number of methoxy groups -OCH3 is 1. The highest BCUT2D eigenvalue weighted by Crippen LogP contribution is 2.28. The number of ether oxygens (including phenoxy) is 1. The van der Waals surface area contributed by atoms with Gasteiger partial charge in [-0.05, 0) is 18.6 Å². The smallest absolute Gasteiger partial charge is 0.270 e. The average molecular weight is 362 g/mol. The van der Waals surface area contributed by atoms with E-state index < -0.39 is 0 Å². The van der Waals surface area contributed by atoms with Crippen LogP contribution >= 0.6 is 11.3 Å². The maximum atomic E-state index is 12.1. The predicted octanol–water partition coefficient (Wildman–Crippen LogP) is 2.54. The van der Waals surface area contributed by atoms with Gasteiger partial charge in [-0.3, -0.25) is 9.59 Å². The Morgan fingerprint density at radius 1 is 1.20 bits per heavy atom. The standard InChI is InChI=1S/C17H22N4O3S/c1-3-9-18-15(22)8-10-19-16(23)13-11-25-17(21-13)20-12-6-4-5-7-14(12)24-2/h4-7,11H,3,8-10H2,1-2H3,(H,18,22)(H,19,23)(H,20,21). The van der Waals surface area contributed by atoms with Gasteiger partial charge >= 0.3 is 0 Å². The number of para-hydroxylation sites is 2. The van der Waals surface area contributed by atoms with Gasteiger partial charge in [0.2, 0.25) is 5.91 Å². The van der Waals surface area contributed by atoms with Gasteiger partial charge < -0.3 is 20.7 Å². The van der Waals surface area contributed by atoms with Crippen LogP contribution in [0.15, 0.2) is 29.6 Å². The maximum absolute atomic E-state index is 12.1. The molecular formula is C17H22N4O3S. The van der Waals surface area contributed by atoms with E-state index in [0.717, 1.165) is 12.1 Å². The van der Waals surface area contributed by atoms with Crippen molar-refractivity contribution in [3.05, 3.63) is 35.3 Å². The summed E-state index contributed by atoms with van der Waals surface area (Å²) in [5, 5.41) is 10.9. The minimum absolute atomic E-state index is 0.0704. The van der Waals surface area contributed by atoms with Crippen molar-refractivity contribution in [1.82, 2.24) is 15.6 Å². The van der Waals surface area contributed by atoms with Crippen LogP contribution in [0, 0.1) is 0 Å². The molecule has 134 valence electrons. The van der Waals surface area contributed by atoms with Crippen LogP contribution in [0.2, 0.25) is 0 Å². The molecule has 0 saturated carbocycles. The second-order valence-corrected chi connectivity index (χ2v) is 6.08. The van der Waals surface area contributed by atoms with Crippen LogP contribution in [0.25, 0.3) is 0 Å². The fourth-order valence-corrected chi connectivity index (χ4v) is 2.73. The third-order valence-corrected chi connectivity index (χ3v) is 4.05. The molecule has 3 N–H and O–H groups in total. The van der Waals surface area contributed by atoms with Gasteiger partial charge in [0.25, 0.3) is 5.91 Å². The zero-order valence-electron chi connectivity index (χ0n) is 14.3. The highest BCUT2D eigenvalue weighted by molar-refractivity contribution is 7.14. The number of nitrogens with zero attached hydrogens (tertiary/aromatic N) is 1. The Labute approximate surface area is 150 Å². The van der Waals surface area contributed by atoms with Crippen molar-refractivity contribution in [2.75, 3.05) is 25.5 Å². The Morgan fingerprint density at radius 2 is 2.00 bits per heavy atom. The molecule has 0 bridgehead atoms. The van der Waals surface area contributed by atoms with Crippen molar-refractivity contribution in [2.24, 2.45) is 0 Å². The van der Waals surface area contributed by atoms with E-state index in [1.54, 1.807) is 12.5 Å². The average Bonchev–Trinajstić information content (AvgIpc) is 3.09. The second kappa shape index (κ2) is 9.63. The van der Waals surface area contributed by atoms with E-state index in [2.05, 4.69) is 20.9 Å². The SMILES string of the molecule is CCCNC(=O)CCNC(=O)c1csc(Nc2ccccc2OC)n1. The first-order valence-corrected chi connectivity index (χ1v) is 8.92. The van der Waals surface area contributed by atoms with E-state index in [1.807, 2.05) is 31.2 Å². The van der Waals surface area contributed by atoms with Crippen molar-refractivity contribution in [1.29, 1.82) is 0 Å². The van der Waals surface area contributed by atoms with Crippen LogP contribution in [0.4, 0.5) is 10.8 Å². The van der Waals surface area contributed by atoms with Crippen molar-refractivity contribution in [3.63, 3.8) is 0 Å². The number of hydrogen-bond acceptors (Lipinski definition) is 6. The quantitative estimate of drug-likeness (QED) is 0.637. The van der Waals surface area contributed by atoms with Crippen LogP contribution in [0.1, 0.15) is 30.3 Å². The number of carbonyl (C=O) groups excluding carboxylic acids is 2. The molecule has 0 aliphatic heterocycles. The molecule has 0 spiro atoms. The van der Waals surface area contributed by atoms with Crippen LogP contribution in [-0.2, 0) is 4.79 Å². The number of carbonyl (C=O) groups is 2. The van der Waals surface area contributed by atoms with Gasteiger partial charge in [0.05, 0.1) is 12.8 Å². The summed E-state index contributed by atoms with van der Waals surface area (Å²) >= 11 is 1.32. The number of hydrogen-bond donors (Lipinski definition) is 3. The lowest BCUT2D eigenvalue weighted by molar-refractivity contribution is -0.120. The van der Waals surface area contributed by atoms with Crippen molar-refractivity contribution < 1.29 is 14.3 Å². The Hall–Kier alpha value is -2.61. The van der Waals surface area contributed by atoms with Gasteiger partial charge in [-0.15, -0.1) is 11.3 Å². The monoisotopic (exact) mass is 362 g/mol. The summed E-state index contributed by atoms with van der Waals surface area (Å²) < 4.78 is 5.27. The number of anilines is 2. The van der Waals surface area contributed by atoms with Gasteiger partial charge in [0, 0.05) is 24.9 Å². The first-order valence-electron chi connectivity index (χ1n) is 8.04. The highest BCUT2D eigenvalue weighted by Gasteiger charge is 2.12. The third kappa shape index (κ3) is 5.75. The second-order valence-electron chi connectivity index (χ2n) is 5.22. The van der Waals surface area contributed by atoms with Gasteiger partial charge in [-0.2, -0.15) is 0 Å². The molecule has 0 fully saturated rings. The van der Waals surface area contributed by atoms with E-state index in [-0.39, 0.29) is 24.8 Å². The van der Waals surface area contributed by atoms with Crippen LogP contribution in [0.5, 0.6) is 5.75 Å². The predicted molar refractivity (Wildman–Crippen MR) is 98.6 cm³/mol. The molecular weight excluding hydrogens is 340 g/mol. The van der Waals surface area contributed by atoms with Gasteiger partial charge in [-0.25, -0.2) is 4.98 Å². The molecule has 25 heavy (non-hydrogen) atoms. The summed E-state index contributed by atoms with van der Waals surface area (Å²) in [6, 6.07) is 7.47. The largest absolute Gasteiger partial charge is 0.495 e. The molecule has 0 aliphatic carbocycles. The molecule has 2 aromatic rings. The molecule has 0 saturated heterocycles. The van der Waals surface area contributed by atoms with Crippen molar-refractivity contribution in [2.45, 2.75) is 19.8 Å². The van der Waals surface area contributed by atoms with E-state index in [9.17, 15) is 9.59 Å². The summed E-state index contributed by atoms with van der Waals surface area (Å²) in [4.78, 5) is 27.8. The summed E-state index contributed by atoms with van der Waals surface area (Å²) in [6.45, 7) is 2.92. The minimum atomic E-state index is -0.299. The van der Waals surface area contributed by atoms with Crippen molar-refractivity contribution >= 4 is 34.0 Å². The van der Waals surface area contributed by atoms with Crippen LogP contribution < -0.4 is 20.7 Å². The molecule has 1 heterocycles. The number of aromatic nitrogens is 1. The highest BCUT2D eigenvalue weighted by atomic mass is 32.1. The molecule has 0 aliphatic rings. The number of thiazole rings is 1. The van der Waals surface area contributed by atoms with Gasteiger partial charge in [0.15, 0.2) is 5.13 Å². The molecule has 2 rings (SSSR count). The molecule has 0 unspecified atom stereocenters. The van der Waals surface area contributed by atoms with Crippen LogP contribution in [-0.4, -0.2) is 37.0 Å². The maximum Gasteiger partial charge on any atom is 0.270 e. The minimum Gasteiger partial charge on any atom is -0.495 e. The molecule has 7 nitrogen and oxygen atoms in total. The fourth-order valence-electron chi connectivity index (χ4n) is 2.03. The van der Waals surface area contributed by atoms with E-state index in [4.69, 9.17) is 4.74 Å². The Balaban J connectivity index is 1.86. The van der Waals surface area contributed by atoms with Crippen LogP contribution in [0.3, 0.4) is 0 Å². The third-order valence-electron chi connectivity index (χ3n) is 3.30. The molecule has 0 atom stereocenters. The zero-order valence-corrected chi connectivity index (χ0v) is 15.1. The zero-order chi connectivity index (χ0) is 18.1. The summed E-state index contributed by atoms with van der Waals surface area (Å²) in [5.41, 5.74) is 1.09. The normalized spacial score (nSPS) is 10.2. The van der Waals surface area contributed by atoms with E-state index >= 15 is 0 Å². The lowest BCUT2D eigenvalue weighted by Gasteiger charge is -2.08. The van der Waals surface area contributed by atoms with E-state index in [1.165, 1.54) is 11.3 Å². The Kier molecular flexibility index (Phi) is 7.21. The molecule has 1 aromatic carbocycles. The van der Waals surface area contributed by atoms with Crippen molar-refractivity contribution in [3.8, 4) is 5.75 Å². The lowest BCUT2D eigenvalue weighted by Crippen LogP contribution is -2.31. The molecule has 0 radical (unpaired) electrons. The van der Waals surface area contributed by atoms with Gasteiger partial charge in [-0.1, -0.05) is 19.1 Å². The number of nitrogens with one attached hydrogen (secondary N) is 3. The molecule has 8 heteroatoms. The Bertz CT molecular complexity index is 717. The molecule has 1 aromatic heterocycles. The van der Waals surface area contributed by atoms with E-state index in [0.29, 0.717) is 23.1 Å². The fraction of sp³-hybridized carbons (Fsp3) is 0.353. The first-order chi connectivity index (χ1) is 12.1. The summed E-state index contributed by atoms with van der Waals surface area (Å²) in [7, 11) is 1.60. The topological polar surface area (TPSA) is 92.4 Å². The summed E-state index contributed by atoms with van der Waals surface area (Å²) in [5.74, 6) is 0.327. The van der Waals surface area contributed by atoms with Gasteiger partial charge in [0.1, 0.15) is 11.4 Å². The number of benzene rings is 1.